The minimum atomic E-state index is -0.707. The van der Waals surface area contributed by atoms with Crippen LogP contribution >= 0.6 is 0 Å². The zero-order valence-electron chi connectivity index (χ0n) is 11.1. The van der Waals surface area contributed by atoms with Gasteiger partial charge in [-0.1, -0.05) is 23.8 Å². The predicted octanol–water partition coefficient (Wildman–Crippen LogP) is 2.92. The lowest BCUT2D eigenvalue weighted by Gasteiger charge is -2.25. The normalized spacial score (nSPS) is 20.2. The quantitative estimate of drug-likeness (QED) is 0.889. The standard InChI is InChI=1S/C15H21NO2/c1-11-5-6-12(2)13(10-11)14-4-3-8-16(14)9-7-15(17)18/h5-6,10,14H,3-4,7-9H2,1-2H3,(H,17,18). The van der Waals surface area contributed by atoms with Crippen molar-refractivity contribution in [3.05, 3.63) is 34.9 Å². The van der Waals surface area contributed by atoms with Crippen LogP contribution in [0.3, 0.4) is 0 Å². The highest BCUT2D eigenvalue weighted by Gasteiger charge is 2.27. The Labute approximate surface area is 108 Å². The van der Waals surface area contributed by atoms with Crippen molar-refractivity contribution in [3.8, 4) is 0 Å². The fraction of sp³-hybridized carbons (Fsp3) is 0.533. The Morgan fingerprint density at radius 2 is 2.22 bits per heavy atom. The second-order valence-electron chi connectivity index (χ2n) is 5.20. The van der Waals surface area contributed by atoms with Crippen LogP contribution < -0.4 is 0 Å². The molecule has 0 aromatic heterocycles. The lowest BCUT2D eigenvalue weighted by molar-refractivity contribution is -0.137. The molecule has 98 valence electrons. The van der Waals surface area contributed by atoms with Crippen molar-refractivity contribution < 1.29 is 9.90 Å². The van der Waals surface area contributed by atoms with Gasteiger partial charge in [0.05, 0.1) is 6.42 Å². The van der Waals surface area contributed by atoms with Crippen molar-refractivity contribution in [1.82, 2.24) is 4.90 Å². The third kappa shape index (κ3) is 2.91. The van der Waals surface area contributed by atoms with Gasteiger partial charge in [-0.15, -0.1) is 0 Å². The summed E-state index contributed by atoms with van der Waals surface area (Å²) in [6.45, 7) is 5.93. The van der Waals surface area contributed by atoms with Crippen molar-refractivity contribution in [1.29, 1.82) is 0 Å². The number of hydrogen-bond donors (Lipinski definition) is 1. The Hall–Kier alpha value is -1.35. The Kier molecular flexibility index (Phi) is 4.02. The summed E-state index contributed by atoms with van der Waals surface area (Å²) in [6.07, 6.45) is 2.54. The highest BCUT2D eigenvalue weighted by Crippen LogP contribution is 2.34. The van der Waals surface area contributed by atoms with Gasteiger partial charge in [-0.3, -0.25) is 9.69 Å². The second-order valence-corrected chi connectivity index (χ2v) is 5.20. The van der Waals surface area contributed by atoms with Crippen LogP contribution in [-0.2, 0) is 4.79 Å². The zero-order valence-corrected chi connectivity index (χ0v) is 11.1. The molecule has 0 amide bonds. The molecule has 3 heteroatoms. The molecular formula is C15H21NO2. The van der Waals surface area contributed by atoms with Gasteiger partial charge in [-0.2, -0.15) is 0 Å². The molecule has 1 aromatic rings. The Morgan fingerprint density at radius 3 is 2.94 bits per heavy atom. The third-order valence-corrected chi connectivity index (χ3v) is 3.77. The maximum atomic E-state index is 10.7. The SMILES string of the molecule is Cc1ccc(C)c(C2CCCN2CCC(=O)O)c1. The molecule has 1 unspecified atom stereocenters. The van der Waals surface area contributed by atoms with Gasteiger partial charge in [-0.25, -0.2) is 0 Å². The number of likely N-dealkylation sites (tertiary alicyclic amines) is 1. The number of nitrogens with zero attached hydrogens (tertiary/aromatic N) is 1. The molecule has 1 saturated heterocycles. The molecule has 1 aliphatic heterocycles. The molecule has 2 rings (SSSR count). The van der Waals surface area contributed by atoms with Gasteiger partial charge in [-0.05, 0) is 44.4 Å². The first-order chi connectivity index (χ1) is 8.58. The van der Waals surface area contributed by atoms with Gasteiger partial charge >= 0.3 is 5.97 Å². The molecule has 0 spiro atoms. The van der Waals surface area contributed by atoms with Gasteiger partial charge < -0.3 is 5.11 Å². The summed E-state index contributed by atoms with van der Waals surface area (Å²) >= 11 is 0. The first-order valence-corrected chi connectivity index (χ1v) is 6.61. The van der Waals surface area contributed by atoms with E-state index in [4.69, 9.17) is 5.11 Å². The van der Waals surface area contributed by atoms with E-state index in [1.165, 1.54) is 16.7 Å². The molecule has 1 heterocycles. The Bertz CT molecular complexity index is 442. The number of carbonyl (C=O) groups is 1. The summed E-state index contributed by atoms with van der Waals surface area (Å²) in [5, 5.41) is 8.80. The van der Waals surface area contributed by atoms with Gasteiger partial charge in [0.2, 0.25) is 0 Å². The fourth-order valence-electron chi connectivity index (χ4n) is 2.80. The van der Waals surface area contributed by atoms with E-state index in [0.717, 1.165) is 19.4 Å². The van der Waals surface area contributed by atoms with Gasteiger partial charge in [0.25, 0.3) is 0 Å². The fourth-order valence-corrected chi connectivity index (χ4v) is 2.80. The van der Waals surface area contributed by atoms with Crippen LogP contribution in [0, 0.1) is 13.8 Å². The van der Waals surface area contributed by atoms with Gasteiger partial charge in [0.1, 0.15) is 0 Å². The van der Waals surface area contributed by atoms with E-state index >= 15 is 0 Å². The third-order valence-electron chi connectivity index (χ3n) is 3.77. The lowest BCUT2D eigenvalue weighted by atomic mass is 9.97. The largest absolute Gasteiger partial charge is 0.481 e. The van der Waals surface area contributed by atoms with E-state index in [2.05, 4.69) is 36.9 Å². The molecule has 1 aromatic carbocycles. The van der Waals surface area contributed by atoms with Crippen molar-refractivity contribution in [2.24, 2.45) is 0 Å². The summed E-state index contributed by atoms with van der Waals surface area (Å²) < 4.78 is 0. The number of carboxylic acid groups (broad SMARTS) is 1. The van der Waals surface area contributed by atoms with E-state index in [9.17, 15) is 4.79 Å². The van der Waals surface area contributed by atoms with Crippen molar-refractivity contribution in [2.45, 2.75) is 39.2 Å². The Balaban J connectivity index is 2.15. The molecule has 1 fully saturated rings. The molecule has 0 saturated carbocycles. The molecule has 1 N–H and O–H groups in total. The van der Waals surface area contributed by atoms with Crippen LogP contribution in [-0.4, -0.2) is 29.1 Å². The molecule has 0 aliphatic carbocycles. The van der Waals surface area contributed by atoms with Gasteiger partial charge in [0.15, 0.2) is 0 Å². The number of benzene rings is 1. The lowest BCUT2D eigenvalue weighted by Crippen LogP contribution is -2.26. The minimum Gasteiger partial charge on any atom is -0.481 e. The molecule has 18 heavy (non-hydrogen) atoms. The predicted molar refractivity (Wildman–Crippen MR) is 71.7 cm³/mol. The molecule has 0 radical (unpaired) electrons. The van der Waals surface area contributed by atoms with Crippen LogP contribution in [0.15, 0.2) is 18.2 Å². The monoisotopic (exact) mass is 247 g/mol. The molecule has 0 bridgehead atoms. The number of aliphatic carboxylic acids is 1. The molecule has 1 atom stereocenters. The first kappa shape index (κ1) is 13.1. The molecular weight excluding hydrogens is 226 g/mol. The number of rotatable bonds is 4. The van der Waals surface area contributed by atoms with Crippen molar-refractivity contribution >= 4 is 5.97 Å². The van der Waals surface area contributed by atoms with Crippen LogP contribution in [0.5, 0.6) is 0 Å². The topological polar surface area (TPSA) is 40.5 Å². The average molecular weight is 247 g/mol. The summed E-state index contributed by atoms with van der Waals surface area (Å²) in [5.74, 6) is -0.707. The summed E-state index contributed by atoms with van der Waals surface area (Å²) in [6, 6.07) is 6.96. The van der Waals surface area contributed by atoms with Gasteiger partial charge in [0, 0.05) is 12.6 Å². The summed E-state index contributed by atoms with van der Waals surface area (Å²) in [5.41, 5.74) is 3.96. The van der Waals surface area contributed by atoms with Crippen LogP contribution in [0.2, 0.25) is 0 Å². The van der Waals surface area contributed by atoms with E-state index in [1.54, 1.807) is 0 Å². The highest BCUT2D eigenvalue weighted by molar-refractivity contribution is 5.66. The number of aryl methyl sites for hydroxylation is 2. The average Bonchev–Trinajstić information content (AvgIpc) is 2.77. The van der Waals surface area contributed by atoms with E-state index in [1.807, 2.05) is 0 Å². The van der Waals surface area contributed by atoms with E-state index in [0.29, 0.717) is 12.6 Å². The first-order valence-electron chi connectivity index (χ1n) is 6.61. The summed E-state index contributed by atoms with van der Waals surface area (Å²) in [7, 11) is 0. The zero-order chi connectivity index (χ0) is 13.1. The van der Waals surface area contributed by atoms with Crippen molar-refractivity contribution in [3.63, 3.8) is 0 Å². The molecule has 3 nitrogen and oxygen atoms in total. The second kappa shape index (κ2) is 5.53. The van der Waals surface area contributed by atoms with Crippen molar-refractivity contribution in [2.75, 3.05) is 13.1 Å². The van der Waals surface area contributed by atoms with E-state index in [-0.39, 0.29) is 6.42 Å². The van der Waals surface area contributed by atoms with E-state index < -0.39 is 5.97 Å². The maximum Gasteiger partial charge on any atom is 0.304 e. The van der Waals surface area contributed by atoms with Crippen LogP contribution in [0.4, 0.5) is 0 Å². The number of hydrogen-bond acceptors (Lipinski definition) is 2. The Morgan fingerprint density at radius 1 is 1.44 bits per heavy atom. The van der Waals surface area contributed by atoms with Crippen LogP contribution in [0.25, 0.3) is 0 Å². The highest BCUT2D eigenvalue weighted by atomic mass is 16.4. The smallest absolute Gasteiger partial charge is 0.304 e. The number of carboxylic acids is 1. The molecule has 1 aliphatic rings. The minimum absolute atomic E-state index is 0.237. The van der Waals surface area contributed by atoms with Crippen LogP contribution in [0.1, 0.15) is 42.0 Å². The summed E-state index contributed by atoms with van der Waals surface area (Å²) in [4.78, 5) is 13.0. The maximum absolute atomic E-state index is 10.7.